The fraction of sp³-hybridized carbons (Fsp3) is 0.571. The van der Waals surface area contributed by atoms with Gasteiger partial charge in [-0.2, -0.15) is 0 Å². The number of aliphatic hydroxyl groups excluding tert-OH is 1. The number of esters is 3. The molecule has 9 nitrogen and oxygen atoms in total. The highest BCUT2D eigenvalue weighted by atomic mass is 16.5. The summed E-state index contributed by atoms with van der Waals surface area (Å²) in [7, 11) is 3.48. The third-order valence-electron chi connectivity index (χ3n) is 2.72. The van der Waals surface area contributed by atoms with E-state index in [1.54, 1.807) is 0 Å². The normalized spacial score (nSPS) is 13.0. The van der Waals surface area contributed by atoms with Crippen LogP contribution in [-0.4, -0.2) is 62.4 Å². The molecule has 0 aromatic carbocycles. The van der Waals surface area contributed by atoms with Crippen molar-refractivity contribution < 1.29 is 38.5 Å². The molecule has 9 heteroatoms. The average Bonchev–Trinajstić information content (AvgIpc) is 2.56. The Morgan fingerprint density at radius 2 is 1.61 bits per heavy atom. The smallest absolute Gasteiger partial charge is 0.335 e. The van der Waals surface area contributed by atoms with Crippen LogP contribution in [-0.2, 0) is 33.4 Å². The van der Waals surface area contributed by atoms with Crippen molar-refractivity contribution in [2.24, 2.45) is 0 Å². The van der Waals surface area contributed by atoms with Crippen LogP contribution in [0.1, 0.15) is 19.3 Å². The fourth-order valence-electron chi connectivity index (χ4n) is 1.45. The van der Waals surface area contributed by atoms with Gasteiger partial charge >= 0.3 is 17.9 Å². The van der Waals surface area contributed by atoms with Crippen LogP contribution in [0.25, 0.3) is 0 Å². The molecule has 0 bridgehead atoms. The minimum absolute atomic E-state index is 0.0990. The number of amides is 1. The first kappa shape index (κ1) is 20.6. The lowest BCUT2D eigenvalue weighted by atomic mass is 10.2. The number of hydrogen-bond donors (Lipinski definition) is 2. The summed E-state index contributed by atoms with van der Waals surface area (Å²) in [6.07, 6.45) is 0.861. The molecule has 0 rings (SSSR count). The zero-order valence-electron chi connectivity index (χ0n) is 13.2. The number of methoxy groups -OCH3 is 3. The van der Waals surface area contributed by atoms with Gasteiger partial charge in [-0.1, -0.05) is 12.2 Å². The van der Waals surface area contributed by atoms with Gasteiger partial charge < -0.3 is 24.6 Å². The Balaban J connectivity index is 4.58. The lowest BCUT2D eigenvalue weighted by molar-refractivity contribution is -0.150. The Morgan fingerprint density at radius 3 is 2.13 bits per heavy atom. The van der Waals surface area contributed by atoms with E-state index >= 15 is 0 Å². The highest BCUT2D eigenvalue weighted by Crippen LogP contribution is 2.00. The van der Waals surface area contributed by atoms with Crippen molar-refractivity contribution in [3.8, 4) is 0 Å². The Labute approximate surface area is 133 Å². The molecule has 0 spiro atoms. The first-order valence-corrected chi connectivity index (χ1v) is 6.72. The molecule has 1 amide bonds. The molecule has 0 fully saturated rings. The predicted octanol–water partition coefficient (Wildman–Crippen LogP) is -0.922. The van der Waals surface area contributed by atoms with Crippen LogP contribution >= 0.6 is 0 Å². The molecule has 0 saturated heterocycles. The standard InChI is InChI=1S/C14H21NO8/c1-21-12(18)8-7-11(17)15-9(13(19)22-2)5-4-6-10(16)14(20)23-3/h4-5,9-10,16H,6-8H2,1-3H3,(H,15,17)/b5-4+/t9-,10+/m0/s1. The van der Waals surface area contributed by atoms with Crippen LogP contribution < -0.4 is 5.32 Å². The van der Waals surface area contributed by atoms with Crippen LogP contribution in [0.5, 0.6) is 0 Å². The van der Waals surface area contributed by atoms with Gasteiger partial charge in [0, 0.05) is 12.8 Å². The van der Waals surface area contributed by atoms with Crippen LogP contribution in [0, 0.1) is 0 Å². The number of hydrogen-bond acceptors (Lipinski definition) is 8. The molecule has 0 aliphatic carbocycles. The molecular formula is C14H21NO8. The van der Waals surface area contributed by atoms with Gasteiger partial charge in [0.15, 0.2) is 6.10 Å². The summed E-state index contributed by atoms with van der Waals surface area (Å²) in [5.74, 6) is -2.65. The van der Waals surface area contributed by atoms with E-state index in [-0.39, 0.29) is 19.3 Å². The molecule has 2 N–H and O–H groups in total. The SMILES string of the molecule is COC(=O)CCC(=O)N[C@@H](/C=C/C[C@@H](O)C(=O)OC)C(=O)OC. The highest BCUT2D eigenvalue weighted by Gasteiger charge is 2.20. The van der Waals surface area contributed by atoms with Crippen LogP contribution in [0.4, 0.5) is 0 Å². The first-order valence-electron chi connectivity index (χ1n) is 6.72. The Kier molecular flexibility index (Phi) is 10.0. The molecule has 0 radical (unpaired) electrons. The second-order valence-electron chi connectivity index (χ2n) is 4.35. The second kappa shape index (κ2) is 11.2. The highest BCUT2D eigenvalue weighted by molar-refractivity contribution is 5.87. The molecule has 23 heavy (non-hydrogen) atoms. The Hall–Kier alpha value is -2.42. The summed E-state index contributed by atoms with van der Waals surface area (Å²) in [6.45, 7) is 0. The van der Waals surface area contributed by atoms with Crippen molar-refractivity contribution in [1.29, 1.82) is 0 Å². The van der Waals surface area contributed by atoms with Gasteiger partial charge in [-0.3, -0.25) is 9.59 Å². The lowest BCUT2D eigenvalue weighted by Gasteiger charge is -2.13. The number of ether oxygens (including phenoxy) is 3. The van der Waals surface area contributed by atoms with Crippen molar-refractivity contribution in [2.45, 2.75) is 31.4 Å². The summed E-state index contributed by atoms with van der Waals surface area (Å²) < 4.78 is 13.3. The second-order valence-corrected chi connectivity index (χ2v) is 4.35. The maximum absolute atomic E-state index is 11.7. The van der Waals surface area contributed by atoms with Gasteiger partial charge in [-0.15, -0.1) is 0 Å². The average molecular weight is 331 g/mol. The van der Waals surface area contributed by atoms with Crippen LogP contribution in [0.15, 0.2) is 12.2 Å². The Morgan fingerprint density at radius 1 is 1.00 bits per heavy atom. The van der Waals surface area contributed by atoms with Crippen molar-refractivity contribution in [2.75, 3.05) is 21.3 Å². The maximum atomic E-state index is 11.7. The van der Waals surface area contributed by atoms with Gasteiger partial charge in [0.1, 0.15) is 6.04 Å². The summed E-state index contributed by atoms with van der Waals surface area (Å²) in [4.78, 5) is 45.2. The molecule has 130 valence electrons. The third kappa shape index (κ3) is 8.57. The van der Waals surface area contributed by atoms with E-state index in [0.29, 0.717) is 0 Å². The summed E-state index contributed by atoms with van der Waals surface area (Å²) in [5, 5.41) is 11.8. The van der Waals surface area contributed by atoms with E-state index in [1.807, 2.05) is 0 Å². The molecule has 0 heterocycles. The van der Waals surface area contributed by atoms with E-state index in [1.165, 1.54) is 19.3 Å². The molecule has 0 aliphatic heterocycles. The molecule has 0 saturated carbocycles. The fourth-order valence-corrected chi connectivity index (χ4v) is 1.45. The predicted molar refractivity (Wildman–Crippen MR) is 77.0 cm³/mol. The maximum Gasteiger partial charge on any atom is 0.335 e. The van der Waals surface area contributed by atoms with Crippen molar-refractivity contribution in [3.05, 3.63) is 12.2 Å². The zero-order valence-corrected chi connectivity index (χ0v) is 13.2. The van der Waals surface area contributed by atoms with E-state index in [0.717, 1.165) is 14.2 Å². The Bertz CT molecular complexity index is 460. The first-order chi connectivity index (χ1) is 10.8. The number of nitrogens with one attached hydrogen (secondary N) is 1. The van der Waals surface area contributed by atoms with Crippen molar-refractivity contribution in [3.63, 3.8) is 0 Å². The number of carbonyl (C=O) groups is 4. The van der Waals surface area contributed by atoms with Gasteiger partial charge in [-0.05, 0) is 0 Å². The minimum atomic E-state index is -1.37. The summed E-state index contributed by atoms with van der Waals surface area (Å²) in [5.41, 5.74) is 0. The molecule has 0 aromatic heterocycles. The topological polar surface area (TPSA) is 128 Å². The number of carbonyl (C=O) groups excluding carboxylic acids is 4. The van der Waals surface area contributed by atoms with E-state index < -0.39 is 36.0 Å². The quantitative estimate of drug-likeness (QED) is 0.315. The van der Waals surface area contributed by atoms with Gasteiger partial charge in [0.25, 0.3) is 0 Å². The molecule has 2 atom stereocenters. The number of aliphatic hydroxyl groups is 1. The zero-order chi connectivity index (χ0) is 17.8. The summed E-state index contributed by atoms with van der Waals surface area (Å²) in [6, 6.07) is -1.10. The van der Waals surface area contributed by atoms with E-state index in [2.05, 4.69) is 19.5 Å². The monoisotopic (exact) mass is 331 g/mol. The van der Waals surface area contributed by atoms with Gasteiger partial charge in [-0.25, -0.2) is 9.59 Å². The third-order valence-corrected chi connectivity index (χ3v) is 2.72. The van der Waals surface area contributed by atoms with Crippen LogP contribution in [0.3, 0.4) is 0 Å². The van der Waals surface area contributed by atoms with Gasteiger partial charge in [0.2, 0.25) is 5.91 Å². The molecule has 0 aromatic rings. The molecular weight excluding hydrogens is 310 g/mol. The van der Waals surface area contributed by atoms with Crippen molar-refractivity contribution >= 4 is 23.8 Å². The molecule has 0 aliphatic rings. The molecule has 0 unspecified atom stereocenters. The van der Waals surface area contributed by atoms with Gasteiger partial charge in [0.05, 0.1) is 27.8 Å². The largest absolute Gasteiger partial charge is 0.469 e. The summed E-state index contributed by atoms with van der Waals surface area (Å²) >= 11 is 0. The number of rotatable bonds is 9. The van der Waals surface area contributed by atoms with Crippen molar-refractivity contribution in [1.82, 2.24) is 5.32 Å². The minimum Gasteiger partial charge on any atom is -0.469 e. The van der Waals surface area contributed by atoms with E-state index in [9.17, 15) is 24.3 Å². The lowest BCUT2D eigenvalue weighted by Crippen LogP contribution is -2.40. The van der Waals surface area contributed by atoms with E-state index in [4.69, 9.17) is 0 Å². The van der Waals surface area contributed by atoms with Crippen LogP contribution in [0.2, 0.25) is 0 Å².